The van der Waals surface area contributed by atoms with E-state index in [1.54, 1.807) is 18.2 Å². The third kappa shape index (κ3) is 4.91. The van der Waals surface area contributed by atoms with Crippen LogP contribution in [0.2, 0.25) is 0 Å². The normalized spacial score (nSPS) is 15.5. The molecule has 0 saturated carbocycles. The first-order valence-corrected chi connectivity index (χ1v) is 14.6. The van der Waals surface area contributed by atoms with E-state index in [9.17, 15) is 14.7 Å². The zero-order chi connectivity index (χ0) is 27.1. The molecule has 7 nitrogen and oxygen atoms in total. The predicted octanol–water partition coefficient (Wildman–Crippen LogP) is 7.43. The van der Waals surface area contributed by atoms with E-state index < -0.39 is 23.5 Å². The van der Waals surface area contributed by atoms with Crippen LogP contribution < -0.4 is 4.90 Å². The van der Waals surface area contributed by atoms with Crippen LogP contribution in [0.1, 0.15) is 33.3 Å². The van der Waals surface area contributed by atoms with Crippen LogP contribution in [0.15, 0.2) is 103 Å². The average molecular weight is 619 g/mol. The summed E-state index contributed by atoms with van der Waals surface area (Å²) in [4.78, 5) is 28.6. The Kier molecular flexibility index (Phi) is 6.84. The van der Waals surface area contributed by atoms with Gasteiger partial charge in [0.2, 0.25) is 10.9 Å². The second-order valence-corrected chi connectivity index (χ2v) is 12.1. The molecule has 3 heterocycles. The summed E-state index contributed by atoms with van der Waals surface area (Å²) < 4.78 is 7.23. The fraction of sp³-hybridized carbons (Fsp3) is 0.103. The molecule has 0 aliphatic carbocycles. The summed E-state index contributed by atoms with van der Waals surface area (Å²) in [5.41, 5.74) is 3.44. The van der Waals surface area contributed by atoms with Gasteiger partial charge in [0.05, 0.1) is 11.6 Å². The highest BCUT2D eigenvalue weighted by Crippen LogP contribution is 2.44. The molecule has 0 spiro atoms. The Morgan fingerprint density at radius 2 is 1.87 bits per heavy atom. The molecule has 1 unspecified atom stereocenters. The quantitative estimate of drug-likeness (QED) is 0.115. The number of carbonyl (C=O) groups is 2. The lowest BCUT2D eigenvalue weighted by atomic mass is 9.95. The van der Waals surface area contributed by atoms with E-state index in [1.165, 1.54) is 33.6 Å². The van der Waals surface area contributed by atoms with Crippen LogP contribution in [-0.2, 0) is 10.5 Å². The number of Topliss-reactive ketones (excluding diaryl/α,β-unsaturated/α-hetero) is 1. The van der Waals surface area contributed by atoms with Crippen LogP contribution in [0, 0.1) is 6.92 Å². The molecule has 2 aromatic heterocycles. The van der Waals surface area contributed by atoms with Crippen LogP contribution in [0.4, 0.5) is 5.13 Å². The van der Waals surface area contributed by atoms with Gasteiger partial charge in [0.15, 0.2) is 15.9 Å². The fourth-order valence-electron chi connectivity index (χ4n) is 4.44. The fourth-order valence-corrected chi connectivity index (χ4v) is 6.68. The molecule has 1 aliphatic rings. The van der Waals surface area contributed by atoms with Crippen molar-refractivity contribution in [3.8, 4) is 0 Å². The maximum absolute atomic E-state index is 13.8. The van der Waals surface area contributed by atoms with Crippen molar-refractivity contribution in [3.05, 3.63) is 117 Å². The van der Waals surface area contributed by atoms with Crippen LogP contribution in [0.5, 0.6) is 0 Å². The largest absolute Gasteiger partial charge is 0.503 e. The number of rotatable bonds is 7. The number of fused-ring (bicyclic) bond motifs is 1. The molecular formula is C29H20BrN3O4S2. The van der Waals surface area contributed by atoms with Crippen molar-refractivity contribution in [3.63, 3.8) is 0 Å². The van der Waals surface area contributed by atoms with E-state index in [4.69, 9.17) is 4.42 Å². The van der Waals surface area contributed by atoms with E-state index in [-0.39, 0.29) is 16.5 Å². The molecular weight excluding hydrogens is 598 g/mol. The molecule has 39 heavy (non-hydrogen) atoms. The maximum atomic E-state index is 13.8. The van der Waals surface area contributed by atoms with E-state index >= 15 is 0 Å². The van der Waals surface area contributed by atoms with Gasteiger partial charge >= 0.3 is 0 Å². The zero-order valence-electron chi connectivity index (χ0n) is 20.5. The topological polar surface area (TPSA) is 96.5 Å². The van der Waals surface area contributed by atoms with Gasteiger partial charge in [0, 0.05) is 15.6 Å². The first kappa shape index (κ1) is 25.5. The SMILES string of the molecule is Cc1ccc(CSc2nnc(N3C(=O)C(O)=C(C(=O)c4cc5ccccc5o4)C3c3cccc(Br)c3)s2)cc1. The molecule has 5 aromatic rings. The van der Waals surface area contributed by atoms with Crippen LogP contribution in [0.25, 0.3) is 11.0 Å². The summed E-state index contributed by atoms with van der Waals surface area (Å²) in [6.07, 6.45) is 0. The molecule has 0 saturated heterocycles. The molecule has 6 rings (SSSR count). The molecule has 1 N–H and O–H groups in total. The highest BCUT2D eigenvalue weighted by Gasteiger charge is 2.46. The van der Waals surface area contributed by atoms with Gasteiger partial charge in [-0.3, -0.25) is 14.5 Å². The number of thioether (sulfide) groups is 1. The molecule has 0 radical (unpaired) electrons. The van der Waals surface area contributed by atoms with Gasteiger partial charge in [-0.2, -0.15) is 0 Å². The molecule has 1 aliphatic heterocycles. The van der Waals surface area contributed by atoms with Crippen molar-refractivity contribution in [2.75, 3.05) is 4.90 Å². The standard InChI is InChI=1S/C29H20BrN3O4S2/c1-16-9-11-17(12-10-16)15-38-29-32-31-28(39-29)33-24(19-6-4-7-20(30)13-19)23(26(35)27(33)36)25(34)22-14-18-5-2-3-8-21(18)37-22/h2-14,24,35H,15H2,1H3. The van der Waals surface area contributed by atoms with Crippen LogP contribution in [-0.4, -0.2) is 27.0 Å². The Morgan fingerprint density at radius 1 is 1.08 bits per heavy atom. The van der Waals surface area contributed by atoms with Gasteiger partial charge in [-0.05, 0) is 42.3 Å². The number of para-hydroxylation sites is 1. The number of hydrogen-bond donors (Lipinski definition) is 1. The lowest BCUT2D eigenvalue weighted by Crippen LogP contribution is -2.31. The number of anilines is 1. The van der Waals surface area contributed by atoms with E-state index in [2.05, 4.69) is 50.4 Å². The third-order valence-corrected chi connectivity index (χ3v) is 8.97. The van der Waals surface area contributed by atoms with Crippen molar-refractivity contribution in [1.29, 1.82) is 0 Å². The smallest absolute Gasteiger partial charge is 0.296 e. The summed E-state index contributed by atoms with van der Waals surface area (Å²) in [5, 5.41) is 20.6. The predicted molar refractivity (Wildman–Crippen MR) is 155 cm³/mol. The Labute approximate surface area is 240 Å². The number of hydrogen-bond acceptors (Lipinski definition) is 8. The van der Waals surface area contributed by atoms with Crippen molar-refractivity contribution in [1.82, 2.24) is 10.2 Å². The second kappa shape index (κ2) is 10.4. The molecule has 10 heteroatoms. The number of aliphatic hydroxyl groups excluding tert-OH is 1. The Morgan fingerprint density at radius 3 is 2.64 bits per heavy atom. The van der Waals surface area contributed by atoms with Gasteiger partial charge in [-0.15, -0.1) is 10.2 Å². The van der Waals surface area contributed by atoms with Crippen molar-refractivity contribution in [2.45, 2.75) is 23.1 Å². The number of aromatic nitrogens is 2. The number of nitrogens with zero attached hydrogens (tertiary/aromatic N) is 3. The summed E-state index contributed by atoms with van der Waals surface area (Å²) in [5.74, 6) is -1.18. The summed E-state index contributed by atoms with van der Waals surface area (Å²) in [6, 6.07) is 23.5. The first-order chi connectivity index (χ1) is 18.9. The van der Waals surface area contributed by atoms with Gasteiger partial charge in [-0.1, -0.05) is 99.2 Å². The molecule has 1 amide bonds. The van der Waals surface area contributed by atoms with Crippen LogP contribution in [0.3, 0.4) is 0 Å². The maximum Gasteiger partial charge on any atom is 0.296 e. The highest BCUT2D eigenvalue weighted by atomic mass is 79.9. The lowest BCUT2D eigenvalue weighted by Gasteiger charge is -2.24. The van der Waals surface area contributed by atoms with E-state index in [0.717, 1.165) is 15.4 Å². The van der Waals surface area contributed by atoms with E-state index in [1.807, 2.05) is 43.3 Å². The number of ketones is 1. The minimum Gasteiger partial charge on any atom is -0.503 e. The second-order valence-electron chi connectivity index (χ2n) is 9.00. The number of aryl methyl sites for hydroxylation is 1. The minimum atomic E-state index is -0.918. The highest BCUT2D eigenvalue weighted by molar-refractivity contribution is 9.10. The van der Waals surface area contributed by atoms with Crippen LogP contribution >= 0.6 is 39.0 Å². The van der Waals surface area contributed by atoms with Crippen molar-refractivity contribution >= 4 is 66.8 Å². The summed E-state index contributed by atoms with van der Waals surface area (Å²) in [7, 11) is 0. The minimum absolute atomic E-state index is 0.0407. The van der Waals surface area contributed by atoms with Crippen molar-refractivity contribution < 1.29 is 19.1 Å². The van der Waals surface area contributed by atoms with Gasteiger partial charge in [0.1, 0.15) is 5.58 Å². The first-order valence-electron chi connectivity index (χ1n) is 12.0. The van der Waals surface area contributed by atoms with Gasteiger partial charge in [-0.25, -0.2) is 0 Å². The lowest BCUT2D eigenvalue weighted by molar-refractivity contribution is -0.117. The number of furan rings is 1. The zero-order valence-corrected chi connectivity index (χ0v) is 23.7. The van der Waals surface area contributed by atoms with Crippen molar-refractivity contribution in [2.24, 2.45) is 0 Å². The number of benzene rings is 3. The average Bonchev–Trinajstić information content (AvgIpc) is 3.64. The monoisotopic (exact) mass is 617 g/mol. The van der Waals surface area contributed by atoms with Gasteiger partial charge in [0.25, 0.3) is 5.91 Å². The molecule has 3 aromatic carbocycles. The summed E-state index contributed by atoms with van der Waals surface area (Å²) in [6.45, 7) is 2.04. The Bertz CT molecular complexity index is 1730. The Balaban J connectivity index is 1.36. The summed E-state index contributed by atoms with van der Waals surface area (Å²) >= 11 is 6.22. The Hall–Kier alpha value is -3.73. The van der Waals surface area contributed by atoms with Gasteiger partial charge < -0.3 is 9.52 Å². The van der Waals surface area contributed by atoms with E-state index in [0.29, 0.717) is 21.2 Å². The number of aliphatic hydroxyl groups is 1. The number of halogens is 1. The third-order valence-electron chi connectivity index (χ3n) is 6.35. The number of carbonyl (C=O) groups excluding carboxylic acids is 2. The molecule has 0 fully saturated rings. The molecule has 194 valence electrons. The number of amides is 1. The molecule has 1 atom stereocenters. The molecule has 0 bridgehead atoms.